The number of hydrogen-bond acceptors (Lipinski definition) is 5. The van der Waals surface area contributed by atoms with Crippen LogP contribution in [-0.2, 0) is 11.2 Å². The molecule has 0 saturated carbocycles. The second kappa shape index (κ2) is 12.9. The minimum absolute atomic E-state index is 0.0195. The van der Waals surface area contributed by atoms with Crippen molar-refractivity contribution in [2.75, 3.05) is 33.9 Å². The number of hydrogen-bond donors (Lipinski definition) is 1. The number of carbonyl (C=O) groups is 1. The minimum Gasteiger partial charge on any atom is -0.497 e. The number of rotatable bonds is 12. The van der Waals surface area contributed by atoms with Crippen LogP contribution >= 0.6 is 0 Å². The first-order valence-corrected chi connectivity index (χ1v) is 13.1. The van der Waals surface area contributed by atoms with Gasteiger partial charge in [-0.25, -0.2) is 4.39 Å². The fourth-order valence-corrected chi connectivity index (χ4v) is 5.42. The zero-order chi connectivity index (χ0) is 26.2. The summed E-state index contributed by atoms with van der Waals surface area (Å²) in [6.45, 7) is 2.29. The Morgan fingerprint density at radius 2 is 1.86 bits per heavy atom. The van der Waals surface area contributed by atoms with Crippen LogP contribution < -0.4 is 9.47 Å². The maximum absolute atomic E-state index is 15.4. The van der Waals surface area contributed by atoms with Crippen LogP contribution in [0.1, 0.15) is 49.4 Å². The average molecular weight is 509 g/mol. The highest BCUT2D eigenvalue weighted by atomic mass is 19.1. The number of carboxylic acids is 1. The number of alkyl halides is 1. The molecule has 0 bridgehead atoms. The Balaban J connectivity index is 1.27. The lowest BCUT2D eigenvalue weighted by atomic mass is 9.81. The second-order valence-corrected chi connectivity index (χ2v) is 9.93. The number of unbranched alkanes of at least 4 members (excludes halogenated alkanes) is 1. The standard InChI is InChI=1S/C30H37FN2O4/c1-36-23-9-6-21(7-10-23)5-3-4-17-33-18-15-22(27(20-33)30(34)35)8-12-28(31)25-14-16-32-29-13-11-24(37-2)19-26(25)29/h6-7,9-11,13-14,16,19,22,27-28H,3-5,8,12,15,17-18,20H2,1-2H3,(H,34,35)/t22-,27+,28-/m1/s1. The van der Waals surface area contributed by atoms with Gasteiger partial charge >= 0.3 is 5.97 Å². The zero-order valence-electron chi connectivity index (χ0n) is 21.7. The monoisotopic (exact) mass is 508 g/mol. The van der Waals surface area contributed by atoms with Crippen molar-refractivity contribution in [3.63, 3.8) is 0 Å². The fraction of sp³-hybridized carbons (Fsp3) is 0.467. The third-order valence-corrected chi connectivity index (χ3v) is 7.62. The number of aliphatic carboxylic acids is 1. The first-order chi connectivity index (χ1) is 18.0. The van der Waals surface area contributed by atoms with Gasteiger partial charge in [0.1, 0.15) is 17.7 Å². The van der Waals surface area contributed by atoms with Gasteiger partial charge < -0.3 is 19.5 Å². The molecule has 0 radical (unpaired) electrons. The Kier molecular flexibility index (Phi) is 9.34. The molecule has 4 rings (SSSR count). The van der Waals surface area contributed by atoms with Crippen LogP contribution in [0.3, 0.4) is 0 Å². The number of likely N-dealkylation sites (tertiary alicyclic amines) is 1. The smallest absolute Gasteiger partial charge is 0.308 e. The summed E-state index contributed by atoms with van der Waals surface area (Å²) in [6.07, 6.45) is 5.16. The van der Waals surface area contributed by atoms with Crippen molar-refractivity contribution in [3.05, 3.63) is 65.9 Å². The summed E-state index contributed by atoms with van der Waals surface area (Å²) in [6, 6.07) is 15.3. The lowest BCUT2D eigenvalue weighted by Crippen LogP contribution is -2.44. The molecule has 2 aromatic carbocycles. The van der Waals surface area contributed by atoms with Crippen LogP contribution in [0.25, 0.3) is 10.9 Å². The number of halogens is 1. The molecule has 0 spiro atoms. The highest BCUT2D eigenvalue weighted by molar-refractivity contribution is 5.83. The van der Waals surface area contributed by atoms with Gasteiger partial charge in [-0.15, -0.1) is 0 Å². The molecule has 0 amide bonds. The van der Waals surface area contributed by atoms with E-state index < -0.39 is 18.1 Å². The van der Waals surface area contributed by atoms with Crippen LogP contribution in [0.4, 0.5) is 4.39 Å². The maximum Gasteiger partial charge on any atom is 0.308 e. The van der Waals surface area contributed by atoms with Crippen molar-refractivity contribution >= 4 is 16.9 Å². The number of methoxy groups -OCH3 is 2. The molecule has 3 aromatic rings. The molecule has 198 valence electrons. The summed E-state index contributed by atoms with van der Waals surface area (Å²) in [5, 5.41) is 10.7. The normalized spacial score (nSPS) is 19.0. The molecular formula is C30H37FN2O4. The van der Waals surface area contributed by atoms with Gasteiger partial charge in [0.2, 0.25) is 0 Å². The van der Waals surface area contributed by atoms with Crippen molar-refractivity contribution in [1.29, 1.82) is 0 Å². The number of fused-ring (bicyclic) bond motifs is 1. The van der Waals surface area contributed by atoms with E-state index in [-0.39, 0.29) is 5.92 Å². The topological polar surface area (TPSA) is 71.9 Å². The van der Waals surface area contributed by atoms with Crippen LogP contribution in [-0.4, -0.2) is 54.8 Å². The number of carboxylic acid groups (broad SMARTS) is 1. The Hall–Kier alpha value is -3.19. The van der Waals surface area contributed by atoms with Crippen molar-refractivity contribution in [2.45, 2.75) is 44.7 Å². The van der Waals surface area contributed by atoms with E-state index in [9.17, 15) is 9.90 Å². The Labute approximate surface area is 218 Å². The van der Waals surface area contributed by atoms with E-state index in [1.165, 1.54) is 5.56 Å². The van der Waals surface area contributed by atoms with Gasteiger partial charge in [0, 0.05) is 18.1 Å². The van der Waals surface area contributed by atoms with Crippen molar-refractivity contribution in [2.24, 2.45) is 11.8 Å². The van der Waals surface area contributed by atoms with Crippen molar-refractivity contribution < 1.29 is 23.8 Å². The number of ether oxygens (including phenoxy) is 2. The highest BCUT2D eigenvalue weighted by Crippen LogP contribution is 2.35. The fourth-order valence-electron chi connectivity index (χ4n) is 5.42. The van der Waals surface area contributed by atoms with Crippen LogP contribution in [0.5, 0.6) is 11.5 Å². The van der Waals surface area contributed by atoms with Gasteiger partial charge in [-0.2, -0.15) is 0 Å². The Bertz CT molecular complexity index is 1170. The average Bonchev–Trinajstić information content (AvgIpc) is 2.93. The molecule has 1 fully saturated rings. The number of benzene rings is 2. The molecule has 1 N–H and O–H groups in total. The van der Waals surface area contributed by atoms with Gasteiger partial charge in [0.05, 0.1) is 25.7 Å². The third-order valence-electron chi connectivity index (χ3n) is 7.62. The van der Waals surface area contributed by atoms with E-state index in [4.69, 9.17) is 9.47 Å². The predicted octanol–water partition coefficient (Wildman–Crippen LogP) is 6.09. The largest absolute Gasteiger partial charge is 0.497 e. The summed E-state index contributed by atoms with van der Waals surface area (Å²) < 4.78 is 25.9. The van der Waals surface area contributed by atoms with Crippen molar-refractivity contribution in [1.82, 2.24) is 9.88 Å². The number of pyridine rings is 1. The number of piperidine rings is 1. The molecule has 0 aliphatic carbocycles. The summed E-state index contributed by atoms with van der Waals surface area (Å²) in [4.78, 5) is 18.7. The SMILES string of the molecule is COc1ccc(CCCCN2CC[C@@H](CC[C@@H](F)c3ccnc4ccc(OC)cc34)[C@@H](C(=O)O)C2)cc1. The van der Waals surface area contributed by atoms with Gasteiger partial charge in [0.15, 0.2) is 0 Å². The Morgan fingerprint density at radius 3 is 2.59 bits per heavy atom. The quantitative estimate of drug-likeness (QED) is 0.299. The van der Waals surface area contributed by atoms with Gasteiger partial charge in [-0.1, -0.05) is 12.1 Å². The predicted molar refractivity (Wildman–Crippen MR) is 143 cm³/mol. The van der Waals surface area contributed by atoms with Crippen LogP contribution in [0.15, 0.2) is 54.7 Å². The summed E-state index contributed by atoms with van der Waals surface area (Å²) in [5.74, 6) is 0.268. The maximum atomic E-state index is 15.4. The molecule has 1 aliphatic rings. The van der Waals surface area contributed by atoms with Gasteiger partial charge in [-0.05, 0) is 105 Å². The number of nitrogens with zero attached hydrogens (tertiary/aromatic N) is 2. The molecule has 1 aromatic heterocycles. The van der Waals surface area contributed by atoms with E-state index in [1.807, 2.05) is 30.3 Å². The lowest BCUT2D eigenvalue weighted by Gasteiger charge is -2.37. The number of aromatic nitrogens is 1. The zero-order valence-corrected chi connectivity index (χ0v) is 21.7. The highest BCUT2D eigenvalue weighted by Gasteiger charge is 2.34. The first kappa shape index (κ1) is 26.9. The van der Waals surface area contributed by atoms with Crippen LogP contribution in [0.2, 0.25) is 0 Å². The lowest BCUT2D eigenvalue weighted by molar-refractivity contribution is -0.146. The molecule has 1 saturated heterocycles. The molecular weight excluding hydrogens is 471 g/mol. The van der Waals surface area contributed by atoms with Crippen LogP contribution in [0, 0.1) is 11.8 Å². The Morgan fingerprint density at radius 1 is 1.11 bits per heavy atom. The molecule has 37 heavy (non-hydrogen) atoms. The second-order valence-electron chi connectivity index (χ2n) is 9.93. The van der Waals surface area contributed by atoms with E-state index in [0.717, 1.165) is 55.4 Å². The third kappa shape index (κ3) is 6.98. The number of aryl methyl sites for hydroxylation is 1. The molecule has 6 nitrogen and oxygen atoms in total. The minimum atomic E-state index is -1.18. The van der Waals surface area contributed by atoms with E-state index >= 15 is 4.39 Å². The summed E-state index contributed by atoms with van der Waals surface area (Å²) >= 11 is 0. The first-order valence-electron chi connectivity index (χ1n) is 13.1. The van der Waals surface area contributed by atoms with E-state index in [1.54, 1.807) is 26.5 Å². The summed E-state index contributed by atoms with van der Waals surface area (Å²) in [5.41, 5.74) is 2.60. The summed E-state index contributed by atoms with van der Waals surface area (Å²) in [7, 11) is 3.25. The molecule has 3 atom stereocenters. The van der Waals surface area contributed by atoms with Crippen molar-refractivity contribution in [3.8, 4) is 11.5 Å². The van der Waals surface area contributed by atoms with Gasteiger partial charge in [0.25, 0.3) is 0 Å². The van der Waals surface area contributed by atoms with Gasteiger partial charge in [-0.3, -0.25) is 9.78 Å². The molecule has 0 unspecified atom stereocenters. The molecule has 2 heterocycles. The van der Waals surface area contributed by atoms with E-state index in [2.05, 4.69) is 22.0 Å². The van der Waals surface area contributed by atoms with E-state index in [0.29, 0.717) is 30.7 Å². The molecule has 1 aliphatic heterocycles. The molecule has 7 heteroatoms.